The van der Waals surface area contributed by atoms with Gasteiger partial charge < -0.3 is 40.0 Å². The van der Waals surface area contributed by atoms with Crippen molar-refractivity contribution in [2.75, 3.05) is 41.4 Å². The Hall–Kier alpha value is -3.35. The molecule has 3 rings (SSSR count). The number of aldehydes is 1. The van der Waals surface area contributed by atoms with E-state index < -0.39 is 36.3 Å². The zero-order valence-corrected chi connectivity index (χ0v) is 31.6. The molecule has 280 valence electrons. The number of hydrogen-bond donors (Lipinski definition) is 3. The molecule has 1 aromatic carbocycles. The fourth-order valence-electron chi connectivity index (χ4n) is 7.56. The predicted molar refractivity (Wildman–Crippen MR) is 192 cm³/mol. The Labute approximate surface area is 298 Å². The lowest BCUT2D eigenvalue weighted by Crippen LogP contribution is -2.55. The third-order valence-electron chi connectivity index (χ3n) is 11.0. The number of amides is 4. The van der Waals surface area contributed by atoms with Gasteiger partial charge in [0, 0.05) is 27.8 Å². The molecule has 2 fully saturated rings. The van der Waals surface area contributed by atoms with Crippen LogP contribution in [0.2, 0.25) is 0 Å². The first-order chi connectivity index (χ1) is 23.8. The summed E-state index contributed by atoms with van der Waals surface area (Å²) in [5.41, 5.74) is 0.953. The Balaban J connectivity index is 1.74. The van der Waals surface area contributed by atoms with Crippen LogP contribution in [-0.4, -0.2) is 117 Å². The van der Waals surface area contributed by atoms with E-state index in [9.17, 15) is 24.0 Å². The molecular formula is C38H61N5O7. The van der Waals surface area contributed by atoms with Gasteiger partial charge in [0.15, 0.2) is 0 Å². The van der Waals surface area contributed by atoms with Gasteiger partial charge in [-0.25, -0.2) is 0 Å². The van der Waals surface area contributed by atoms with E-state index in [1.807, 2.05) is 62.9 Å². The van der Waals surface area contributed by atoms with Crippen LogP contribution < -0.4 is 16.0 Å². The minimum absolute atomic E-state index is 0.000588. The molecule has 1 heterocycles. The van der Waals surface area contributed by atoms with E-state index >= 15 is 0 Å². The van der Waals surface area contributed by atoms with Gasteiger partial charge in [0.25, 0.3) is 0 Å². The Morgan fingerprint density at radius 1 is 1.04 bits per heavy atom. The average molecular weight is 700 g/mol. The van der Waals surface area contributed by atoms with Crippen LogP contribution in [0.5, 0.6) is 0 Å². The second-order valence-corrected chi connectivity index (χ2v) is 14.8. The number of ether oxygens (including phenoxy) is 2. The van der Waals surface area contributed by atoms with Gasteiger partial charge in [-0.05, 0) is 55.5 Å². The second kappa shape index (κ2) is 18.8. The summed E-state index contributed by atoms with van der Waals surface area (Å²) in [4.78, 5) is 69.3. The van der Waals surface area contributed by atoms with E-state index in [-0.39, 0.29) is 59.9 Å². The van der Waals surface area contributed by atoms with Gasteiger partial charge in [0.05, 0.1) is 55.3 Å². The molecule has 1 aromatic rings. The molecule has 1 aliphatic carbocycles. The minimum atomic E-state index is -0.686. The third-order valence-corrected chi connectivity index (χ3v) is 11.0. The lowest BCUT2D eigenvalue weighted by atomic mass is 9.90. The number of carbonyl (C=O) groups is 5. The van der Waals surface area contributed by atoms with Crippen LogP contribution in [0.25, 0.3) is 0 Å². The first-order valence-corrected chi connectivity index (χ1v) is 18.1. The standard InChI is InChI=1S/C38H61N5O7/c1-10-25(4)34(42(7)32(46)21-40-37(48)33(39-6)24(2)3)30(49-8)19-31(45)43-23-38(16-17-38)20-29(43)35(50-9)26(5)36(47)41-28(22-44)18-27-14-12-11-13-15-27/h11-15,22,24-26,28-30,33-35,39H,10,16-21,23H2,1-9H3,(H,40,48)(H,41,47)/t25-,26+,28-,29-,30+,33-,34-,35?/m0/s1. The predicted octanol–water partition coefficient (Wildman–Crippen LogP) is 2.58. The maximum absolute atomic E-state index is 14.3. The normalized spacial score (nSPS) is 20.7. The number of likely N-dealkylation sites (N-methyl/N-ethyl adjacent to an activating group) is 2. The van der Waals surface area contributed by atoms with Crippen LogP contribution in [0, 0.1) is 23.2 Å². The zero-order chi connectivity index (χ0) is 37.2. The van der Waals surface area contributed by atoms with E-state index in [1.54, 1.807) is 40.1 Å². The summed E-state index contributed by atoms with van der Waals surface area (Å²) in [5.74, 6) is -1.52. The molecule has 8 atom stereocenters. The van der Waals surface area contributed by atoms with E-state index in [0.717, 1.165) is 37.5 Å². The summed E-state index contributed by atoms with van der Waals surface area (Å²) in [6.07, 6.45) is 3.47. The fourth-order valence-corrected chi connectivity index (χ4v) is 7.56. The second-order valence-electron chi connectivity index (χ2n) is 14.8. The number of nitrogens with zero attached hydrogens (tertiary/aromatic N) is 2. The highest BCUT2D eigenvalue weighted by molar-refractivity contribution is 5.88. The number of carbonyl (C=O) groups excluding carboxylic acids is 5. The van der Waals surface area contributed by atoms with Gasteiger partial charge >= 0.3 is 0 Å². The van der Waals surface area contributed by atoms with Gasteiger partial charge in [-0.3, -0.25) is 19.2 Å². The van der Waals surface area contributed by atoms with Gasteiger partial charge in [0.1, 0.15) is 6.29 Å². The number of benzene rings is 1. The molecule has 1 saturated heterocycles. The number of rotatable bonds is 20. The van der Waals surface area contributed by atoms with Crippen molar-refractivity contribution < 1.29 is 33.4 Å². The Morgan fingerprint density at radius 2 is 1.70 bits per heavy atom. The largest absolute Gasteiger partial charge is 0.379 e. The molecule has 50 heavy (non-hydrogen) atoms. The third kappa shape index (κ3) is 10.4. The minimum Gasteiger partial charge on any atom is -0.379 e. The van der Waals surface area contributed by atoms with Gasteiger partial charge in [0.2, 0.25) is 23.6 Å². The fraction of sp³-hybridized carbons (Fsp3) is 0.711. The molecule has 12 nitrogen and oxygen atoms in total. The number of likely N-dealkylation sites (tertiary alicyclic amines) is 1. The summed E-state index contributed by atoms with van der Waals surface area (Å²) < 4.78 is 11.9. The Bertz CT molecular complexity index is 1290. The van der Waals surface area contributed by atoms with Crippen LogP contribution in [0.1, 0.15) is 72.3 Å². The van der Waals surface area contributed by atoms with Crippen molar-refractivity contribution in [3.8, 4) is 0 Å². The van der Waals surface area contributed by atoms with Crippen molar-refractivity contribution >= 4 is 29.9 Å². The smallest absolute Gasteiger partial charge is 0.242 e. The van der Waals surface area contributed by atoms with Crippen LogP contribution in [0.4, 0.5) is 0 Å². The van der Waals surface area contributed by atoms with Crippen molar-refractivity contribution in [1.29, 1.82) is 0 Å². The molecule has 1 spiro atoms. The van der Waals surface area contributed by atoms with Crippen LogP contribution in [0.15, 0.2) is 30.3 Å². The Kier molecular flexibility index (Phi) is 15.4. The molecule has 3 N–H and O–H groups in total. The molecule has 2 aliphatic rings. The molecule has 0 radical (unpaired) electrons. The van der Waals surface area contributed by atoms with E-state index in [1.165, 1.54) is 0 Å². The van der Waals surface area contributed by atoms with Crippen molar-refractivity contribution in [2.24, 2.45) is 23.2 Å². The van der Waals surface area contributed by atoms with Crippen molar-refractivity contribution in [2.45, 2.75) is 110 Å². The number of methoxy groups -OCH3 is 2. The molecule has 0 aromatic heterocycles. The van der Waals surface area contributed by atoms with Crippen LogP contribution in [-0.2, 0) is 39.9 Å². The van der Waals surface area contributed by atoms with Gasteiger partial charge in [-0.2, -0.15) is 0 Å². The first kappa shape index (κ1) is 41.1. The first-order valence-electron chi connectivity index (χ1n) is 18.1. The van der Waals surface area contributed by atoms with Gasteiger partial charge in [-0.15, -0.1) is 0 Å². The molecule has 4 amide bonds. The van der Waals surface area contributed by atoms with Crippen molar-refractivity contribution in [3.63, 3.8) is 0 Å². The lowest BCUT2D eigenvalue weighted by Gasteiger charge is -2.39. The molecule has 12 heteroatoms. The average Bonchev–Trinajstić information content (AvgIpc) is 3.76. The highest BCUT2D eigenvalue weighted by Gasteiger charge is 2.56. The summed E-state index contributed by atoms with van der Waals surface area (Å²) in [6, 6.07) is 7.65. The molecule has 1 saturated carbocycles. The van der Waals surface area contributed by atoms with E-state index in [2.05, 4.69) is 16.0 Å². The van der Waals surface area contributed by atoms with Crippen molar-refractivity contribution in [3.05, 3.63) is 35.9 Å². The summed E-state index contributed by atoms with van der Waals surface area (Å²) in [7, 11) is 6.53. The monoisotopic (exact) mass is 699 g/mol. The molecule has 0 bridgehead atoms. The summed E-state index contributed by atoms with van der Waals surface area (Å²) >= 11 is 0. The quantitative estimate of drug-likeness (QED) is 0.176. The topological polar surface area (TPSA) is 146 Å². The lowest BCUT2D eigenvalue weighted by molar-refractivity contribution is -0.146. The molecule has 1 aliphatic heterocycles. The van der Waals surface area contributed by atoms with Crippen LogP contribution in [0.3, 0.4) is 0 Å². The van der Waals surface area contributed by atoms with E-state index in [4.69, 9.17) is 9.47 Å². The van der Waals surface area contributed by atoms with Gasteiger partial charge in [-0.1, -0.05) is 71.4 Å². The molecular weight excluding hydrogens is 638 g/mol. The van der Waals surface area contributed by atoms with E-state index in [0.29, 0.717) is 13.0 Å². The maximum Gasteiger partial charge on any atom is 0.242 e. The Morgan fingerprint density at radius 3 is 2.22 bits per heavy atom. The molecule has 1 unspecified atom stereocenters. The van der Waals surface area contributed by atoms with Crippen molar-refractivity contribution in [1.82, 2.24) is 25.8 Å². The highest BCUT2D eigenvalue weighted by Crippen LogP contribution is 2.56. The van der Waals surface area contributed by atoms with Crippen LogP contribution >= 0.6 is 0 Å². The highest BCUT2D eigenvalue weighted by atomic mass is 16.5. The number of nitrogens with one attached hydrogen (secondary N) is 3. The summed E-state index contributed by atoms with van der Waals surface area (Å²) in [6.45, 7) is 10.1. The SMILES string of the molecule is CC[C@H](C)[C@@H]([C@@H](CC(=O)N1CC2(CC2)C[C@H]1C(OC)[C@@H](C)C(=O)N[C@H](C=O)Cc1ccccc1)OC)N(C)C(=O)CNC(=O)[C@@H](NC)C(C)C. The number of hydrogen-bond acceptors (Lipinski definition) is 8. The maximum atomic E-state index is 14.3. The zero-order valence-electron chi connectivity index (χ0n) is 31.6. The summed E-state index contributed by atoms with van der Waals surface area (Å²) in [5, 5.41) is 8.64.